The Morgan fingerprint density at radius 1 is 1.07 bits per heavy atom. The van der Waals surface area contributed by atoms with Crippen LogP contribution in [0.1, 0.15) is 5.82 Å². The smallest absolute Gasteiger partial charge is 0.319 e. The first kappa shape index (κ1) is 18.2. The third kappa shape index (κ3) is 4.97. The van der Waals surface area contributed by atoms with Crippen molar-refractivity contribution >= 4 is 17.5 Å². The molecule has 0 aliphatic carbocycles. The van der Waals surface area contributed by atoms with Crippen LogP contribution in [0.4, 0.5) is 25.1 Å². The third-order valence-electron chi connectivity index (χ3n) is 3.56. The van der Waals surface area contributed by atoms with Crippen molar-refractivity contribution in [3.8, 4) is 5.82 Å². The van der Waals surface area contributed by atoms with Crippen LogP contribution in [0.3, 0.4) is 0 Å². The van der Waals surface area contributed by atoms with Crippen LogP contribution in [0.25, 0.3) is 5.82 Å². The van der Waals surface area contributed by atoms with E-state index in [0.29, 0.717) is 18.2 Å². The molecule has 3 rings (SSSR count). The predicted octanol–water partition coefficient (Wildman–Crippen LogP) is 2.48. The van der Waals surface area contributed by atoms with Gasteiger partial charge in [-0.2, -0.15) is 0 Å². The second kappa shape index (κ2) is 8.21. The first-order valence-electron chi connectivity index (χ1n) is 8.08. The first-order chi connectivity index (χ1) is 13.0. The number of hydrogen-bond acceptors (Lipinski definition) is 5. The zero-order valence-electron chi connectivity index (χ0n) is 14.4. The summed E-state index contributed by atoms with van der Waals surface area (Å²) >= 11 is 0. The summed E-state index contributed by atoms with van der Waals surface area (Å²) in [5.74, 6) is 0.523. The number of imidazole rings is 1. The van der Waals surface area contributed by atoms with Crippen molar-refractivity contribution in [2.75, 3.05) is 23.7 Å². The van der Waals surface area contributed by atoms with Crippen molar-refractivity contribution in [2.24, 2.45) is 0 Å². The van der Waals surface area contributed by atoms with Crippen molar-refractivity contribution < 1.29 is 13.6 Å². The molecule has 0 spiro atoms. The van der Waals surface area contributed by atoms with Gasteiger partial charge in [-0.15, -0.1) is 0 Å². The number of halogens is 2. The lowest BCUT2D eigenvalue weighted by molar-refractivity contribution is 0.252. The van der Waals surface area contributed by atoms with Crippen LogP contribution in [-0.4, -0.2) is 38.6 Å². The number of aryl methyl sites for hydroxylation is 1. The van der Waals surface area contributed by atoms with Crippen molar-refractivity contribution in [3.05, 3.63) is 60.4 Å². The maximum absolute atomic E-state index is 13.1. The Kier molecular flexibility index (Phi) is 5.55. The standard InChI is InChI=1S/C17H17F2N7O/c1-11-20-4-5-26(11)16-9-15(23-10-24-16)21-2-3-22-17(27)25-14-7-12(18)6-13(19)8-14/h4-10H,2-3H2,1H3,(H,21,23,24)(H2,22,25,27). The summed E-state index contributed by atoms with van der Waals surface area (Å²) in [6, 6.07) is 3.97. The molecular weight excluding hydrogens is 356 g/mol. The van der Waals surface area contributed by atoms with Gasteiger partial charge in [-0.1, -0.05) is 0 Å². The van der Waals surface area contributed by atoms with Crippen LogP contribution in [0, 0.1) is 18.6 Å². The van der Waals surface area contributed by atoms with Gasteiger partial charge in [0.05, 0.1) is 0 Å². The molecule has 0 saturated heterocycles. The third-order valence-corrected chi connectivity index (χ3v) is 3.56. The lowest BCUT2D eigenvalue weighted by atomic mass is 10.3. The van der Waals surface area contributed by atoms with Crippen LogP contribution in [-0.2, 0) is 0 Å². The molecule has 3 N–H and O–H groups in total. The van der Waals surface area contributed by atoms with Gasteiger partial charge in [0.15, 0.2) is 0 Å². The van der Waals surface area contributed by atoms with Gasteiger partial charge in [-0.05, 0) is 19.1 Å². The fourth-order valence-electron chi connectivity index (χ4n) is 2.36. The summed E-state index contributed by atoms with van der Waals surface area (Å²) in [5.41, 5.74) is 0.0362. The average molecular weight is 373 g/mol. The number of aromatic nitrogens is 4. The van der Waals surface area contributed by atoms with E-state index in [0.717, 1.165) is 24.0 Å². The summed E-state index contributed by atoms with van der Waals surface area (Å²) in [6.45, 7) is 2.53. The number of carbonyl (C=O) groups is 1. The number of urea groups is 1. The van der Waals surface area contributed by atoms with E-state index in [4.69, 9.17) is 0 Å². The van der Waals surface area contributed by atoms with Crippen molar-refractivity contribution in [2.45, 2.75) is 6.92 Å². The van der Waals surface area contributed by atoms with Crippen molar-refractivity contribution in [1.82, 2.24) is 24.8 Å². The number of amides is 2. The molecule has 1 aromatic carbocycles. The molecular formula is C17H17F2N7O. The highest BCUT2D eigenvalue weighted by atomic mass is 19.1. The number of rotatable bonds is 6. The molecule has 27 heavy (non-hydrogen) atoms. The fourth-order valence-corrected chi connectivity index (χ4v) is 2.36. The number of nitrogens with zero attached hydrogens (tertiary/aromatic N) is 4. The Bertz CT molecular complexity index is 924. The molecule has 2 aromatic heterocycles. The summed E-state index contributed by atoms with van der Waals surface area (Å²) in [6.07, 6.45) is 4.90. The lowest BCUT2D eigenvalue weighted by Gasteiger charge is -2.10. The summed E-state index contributed by atoms with van der Waals surface area (Å²) < 4.78 is 28.0. The minimum absolute atomic E-state index is 0.0362. The molecule has 3 aromatic rings. The molecule has 0 aliphatic heterocycles. The van der Waals surface area contributed by atoms with Gasteiger partial charge in [-0.25, -0.2) is 28.5 Å². The molecule has 8 nitrogen and oxygen atoms in total. The van der Waals surface area contributed by atoms with Crippen LogP contribution >= 0.6 is 0 Å². The SMILES string of the molecule is Cc1nccn1-c1cc(NCCNC(=O)Nc2cc(F)cc(F)c2)ncn1. The van der Waals surface area contributed by atoms with Crippen LogP contribution in [0.15, 0.2) is 43.0 Å². The number of nitrogens with one attached hydrogen (secondary N) is 3. The Hall–Kier alpha value is -3.56. The molecule has 0 atom stereocenters. The van der Waals surface area contributed by atoms with E-state index < -0.39 is 17.7 Å². The van der Waals surface area contributed by atoms with E-state index in [2.05, 4.69) is 30.9 Å². The van der Waals surface area contributed by atoms with Crippen LogP contribution < -0.4 is 16.0 Å². The first-order valence-corrected chi connectivity index (χ1v) is 8.08. The predicted molar refractivity (Wildman–Crippen MR) is 95.8 cm³/mol. The van der Waals surface area contributed by atoms with E-state index in [1.54, 1.807) is 18.5 Å². The van der Waals surface area contributed by atoms with Crippen LogP contribution in [0.5, 0.6) is 0 Å². The minimum atomic E-state index is -0.764. The number of anilines is 2. The highest BCUT2D eigenvalue weighted by Crippen LogP contribution is 2.13. The quantitative estimate of drug-likeness (QED) is 0.577. The van der Waals surface area contributed by atoms with E-state index >= 15 is 0 Å². The molecule has 0 bridgehead atoms. The Labute approximate surface area is 153 Å². The van der Waals surface area contributed by atoms with Gasteiger partial charge < -0.3 is 16.0 Å². The second-order valence-electron chi connectivity index (χ2n) is 5.57. The van der Waals surface area contributed by atoms with E-state index in [1.165, 1.54) is 6.33 Å². The highest BCUT2D eigenvalue weighted by molar-refractivity contribution is 5.89. The molecule has 140 valence electrons. The summed E-state index contributed by atoms with van der Waals surface area (Å²) in [4.78, 5) is 24.2. The summed E-state index contributed by atoms with van der Waals surface area (Å²) in [5, 5.41) is 7.99. The number of carbonyl (C=O) groups excluding carboxylic acids is 1. The Morgan fingerprint density at radius 2 is 1.85 bits per heavy atom. The molecule has 2 heterocycles. The molecule has 2 amide bonds. The molecule has 0 fully saturated rings. The topological polar surface area (TPSA) is 96.8 Å². The molecule has 0 saturated carbocycles. The molecule has 0 radical (unpaired) electrons. The van der Waals surface area contributed by atoms with Gasteiger partial charge in [-0.3, -0.25) is 4.57 Å². The zero-order valence-corrected chi connectivity index (χ0v) is 14.4. The van der Waals surface area contributed by atoms with E-state index in [-0.39, 0.29) is 12.2 Å². The van der Waals surface area contributed by atoms with E-state index in [1.807, 2.05) is 11.5 Å². The normalized spacial score (nSPS) is 10.5. The van der Waals surface area contributed by atoms with Gasteiger partial charge in [0.1, 0.15) is 35.4 Å². The number of hydrogen-bond donors (Lipinski definition) is 3. The summed E-state index contributed by atoms with van der Waals surface area (Å²) in [7, 11) is 0. The monoisotopic (exact) mass is 373 g/mol. The maximum Gasteiger partial charge on any atom is 0.319 e. The van der Waals surface area contributed by atoms with E-state index in [9.17, 15) is 13.6 Å². The van der Waals surface area contributed by atoms with Gasteiger partial charge in [0.2, 0.25) is 0 Å². The van der Waals surface area contributed by atoms with Crippen molar-refractivity contribution in [1.29, 1.82) is 0 Å². The fraction of sp³-hybridized carbons (Fsp3) is 0.176. The number of benzene rings is 1. The zero-order chi connectivity index (χ0) is 19.2. The average Bonchev–Trinajstić information content (AvgIpc) is 3.04. The minimum Gasteiger partial charge on any atom is -0.368 e. The largest absolute Gasteiger partial charge is 0.368 e. The second-order valence-corrected chi connectivity index (χ2v) is 5.57. The molecule has 10 heteroatoms. The van der Waals surface area contributed by atoms with Gasteiger partial charge in [0.25, 0.3) is 0 Å². The molecule has 0 aliphatic rings. The Balaban J connectivity index is 1.47. The van der Waals surface area contributed by atoms with Crippen LogP contribution in [0.2, 0.25) is 0 Å². The van der Waals surface area contributed by atoms with Crippen molar-refractivity contribution in [3.63, 3.8) is 0 Å². The Morgan fingerprint density at radius 3 is 2.56 bits per heavy atom. The van der Waals surface area contributed by atoms with Gasteiger partial charge in [0, 0.05) is 43.3 Å². The highest BCUT2D eigenvalue weighted by Gasteiger charge is 2.06. The lowest BCUT2D eigenvalue weighted by Crippen LogP contribution is -2.32. The molecule has 0 unspecified atom stereocenters. The van der Waals surface area contributed by atoms with Gasteiger partial charge >= 0.3 is 6.03 Å². The maximum atomic E-state index is 13.1.